The zero-order valence-corrected chi connectivity index (χ0v) is 15.5. The molecular weight excluding hydrogens is 356 g/mol. The van der Waals surface area contributed by atoms with Crippen molar-refractivity contribution < 1.29 is 18.0 Å². The first-order valence-electron chi connectivity index (χ1n) is 8.76. The zero-order valence-electron chi connectivity index (χ0n) is 14.7. The highest BCUT2D eigenvalue weighted by molar-refractivity contribution is 7.89. The van der Waals surface area contributed by atoms with Gasteiger partial charge in [0.2, 0.25) is 15.9 Å². The van der Waals surface area contributed by atoms with Crippen molar-refractivity contribution in [3.63, 3.8) is 0 Å². The molecule has 9 heteroatoms. The maximum absolute atomic E-state index is 12.6. The smallest absolute Gasteiger partial charge is 0.251 e. The Bertz CT molecular complexity index is 790. The van der Waals surface area contributed by atoms with Crippen molar-refractivity contribution in [1.82, 2.24) is 20.3 Å². The molecule has 26 heavy (non-hydrogen) atoms. The van der Waals surface area contributed by atoms with Gasteiger partial charge >= 0.3 is 0 Å². The first-order chi connectivity index (χ1) is 12.4. The summed E-state index contributed by atoms with van der Waals surface area (Å²) in [6.07, 6.45) is 2.02. The minimum atomic E-state index is -3.70. The summed E-state index contributed by atoms with van der Waals surface area (Å²) in [5.74, 6) is -0.577. The van der Waals surface area contributed by atoms with Gasteiger partial charge in [0, 0.05) is 25.2 Å². The van der Waals surface area contributed by atoms with Crippen molar-refractivity contribution in [3.05, 3.63) is 29.8 Å². The Morgan fingerprint density at radius 2 is 1.96 bits per heavy atom. The number of nitrogens with zero attached hydrogens (tertiary/aromatic N) is 1. The molecule has 2 aliphatic heterocycles. The summed E-state index contributed by atoms with van der Waals surface area (Å²) >= 11 is 0. The number of likely N-dealkylation sites (N-methyl/N-ethyl adjacent to an activating group) is 1. The largest absolute Gasteiger partial charge is 0.344 e. The Labute approximate surface area is 153 Å². The summed E-state index contributed by atoms with van der Waals surface area (Å²) in [5.41, 5.74) is 0.223. The highest BCUT2D eigenvalue weighted by atomic mass is 32.2. The number of amides is 2. The van der Waals surface area contributed by atoms with Gasteiger partial charge in [0.1, 0.15) is 6.04 Å². The van der Waals surface area contributed by atoms with E-state index in [9.17, 15) is 18.0 Å². The van der Waals surface area contributed by atoms with Gasteiger partial charge in [-0.25, -0.2) is 13.1 Å². The van der Waals surface area contributed by atoms with E-state index in [1.165, 1.54) is 18.2 Å². The van der Waals surface area contributed by atoms with E-state index in [1.54, 1.807) is 18.0 Å². The molecule has 3 rings (SSSR count). The van der Waals surface area contributed by atoms with Crippen LogP contribution in [0.5, 0.6) is 0 Å². The molecule has 2 aliphatic rings. The number of piperidine rings is 1. The predicted molar refractivity (Wildman–Crippen MR) is 96.2 cm³/mol. The molecule has 0 unspecified atom stereocenters. The number of hydrogen-bond acceptors (Lipinski definition) is 5. The van der Waals surface area contributed by atoms with Gasteiger partial charge in [-0.1, -0.05) is 6.07 Å². The van der Waals surface area contributed by atoms with Crippen molar-refractivity contribution in [3.8, 4) is 0 Å². The van der Waals surface area contributed by atoms with Gasteiger partial charge in [0.05, 0.1) is 4.90 Å². The minimum absolute atomic E-state index is 0.0542. The molecule has 0 radical (unpaired) electrons. The van der Waals surface area contributed by atoms with Gasteiger partial charge in [-0.05, 0) is 50.6 Å². The number of nitrogens with one attached hydrogen (secondary N) is 3. The number of carbonyl (C=O) groups excluding carboxylic acids is 2. The van der Waals surface area contributed by atoms with Crippen molar-refractivity contribution >= 4 is 21.8 Å². The molecule has 0 aliphatic carbocycles. The van der Waals surface area contributed by atoms with Crippen LogP contribution >= 0.6 is 0 Å². The van der Waals surface area contributed by atoms with Crippen LogP contribution in [0.25, 0.3) is 0 Å². The fourth-order valence-electron chi connectivity index (χ4n) is 3.23. The zero-order chi connectivity index (χ0) is 18.7. The van der Waals surface area contributed by atoms with Crippen molar-refractivity contribution in [2.45, 2.75) is 36.2 Å². The van der Waals surface area contributed by atoms with E-state index in [0.717, 1.165) is 25.9 Å². The van der Waals surface area contributed by atoms with Crippen LogP contribution in [0.15, 0.2) is 29.2 Å². The van der Waals surface area contributed by atoms with Crippen LogP contribution in [-0.4, -0.2) is 63.9 Å². The van der Waals surface area contributed by atoms with Gasteiger partial charge < -0.3 is 15.5 Å². The minimum Gasteiger partial charge on any atom is -0.344 e. The summed E-state index contributed by atoms with van der Waals surface area (Å²) in [6.45, 7) is 2.15. The maximum atomic E-state index is 12.6. The van der Waals surface area contributed by atoms with Gasteiger partial charge in [0.15, 0.2) is 0 Å². The van der Waals surface area contributed by atoms with Crippen LogP contribution in [0.1, 0.15) is 29.6 Å². The number of carbonyl (C=O) groups is 2. The molecule has 2 amide bonds. The Kier molecular flexibility index (Phi) is 5.59. The number of hydrogen-bond donors (Lipinski definition) is 3. The Balaban J connectivity index is 1.70. The third-order valence-electron chi connectivity index (χ3n) is 4.80. The van der Waals surface area contributed by atoms with E-state index < -0.39 is 22.0 Å². The van der Waals surface area contributed by atoms with Crippen LogP contribution < -0.4 is 15.4 Å². The Morgan fingerprint density at radius 3 is 2.62 bits per heavy atom. The van der Waals surface area contributed by atoms with Crippen LogP contribution in [0, 0.1) is 0 Å². The summed E-state index contributed by atoms with van der Waals surface area (Å²) in [5, 5.41) is 5.87. The Hall–Kier alpha value is -1.97. The molecule has 3 N–H and O–H groups in total. The van der Waals surface area contributed by atoms with Crippen molar-refractivity contribution in [1.29, 1.82) is 0 Å². The summed E-state index contributed by atoms with van der Waals surface area (Å²) in [6, 6.07) is 5.23. The molecule has 2 saturated heterocycles. The van der Waals surface area contributed by atoms with Crippen LogP contribution in [0.3, 0.4) is 0 Å². The normalized spacial score (nSPS) is 21.8. The molecule has 142 valence electrons. The van der Waals surface area contributed by atoms with Gasteiger partial charge in [-0.2, -0.15) is 0 Å². The molecule has 0 bridgehead atoms. The molecule has 1 aromatic carbocycles. The van der Waals surface area contributed by atoms with Gasteiger partial charge in [-0.3, -0.25) is 9.59 Å². The third-order valence-corrected chi connectivity index (χ3v) is 6.32. The first kappa shape index (κ1) is 18.8. The number of likely N-dealkylation sites (tertiary alicyclic amines) is 1. The number of rotatable bonds is 5. The SMILES string of the molecule is CN1CC[C@@H](NC(=O)c2cccc(S(=O)(=O)NC3CCNCC3)c2)C1=O. The molecule has 0 saturated carbocycles. The quantitative estimate of drug-likeness (QED) is 0.649. The fourth-order valence-corrected chi connectivity index (χ4v) is 4.58. The van der Waals surface area contributed by atoms with E-state index in [4.69, 9.17) is 0 Å². The van der Waals surface area contributed by atoms with E-state index in [1.807, 2.05) is 0 Å². The fraction of sp³-hybridized carbons (Fsp3) is 0.529. The predicted octanol–water partition coefficient (Wildman–Crippen LogP) is -0.323. The lowest BCUT2D eigenvalue weighted by Gasteiger charge is -2.23. The van der Waals surface area contributed by atoms with Crippen molar-refractivity contribution in [2.75, 3.05) is 26.7 Å². The number of benzene rings is 1. The first-order valence-corrected chi connectivity index (χ1v) is 10.2. The topological polar surface area (TPSA) is 108 Å². The monoisotopic (exact) mass is 380 g/mol. The summed E-state index contributed by atoms with van der Waals surface area (Å²) in [4.78, 5) is 26.0. The lowest BCUT2D eigenvalue weighted by molar-refractivity contribution is -0.128. The lowest BCUT2D eigenvalue weighted by Crippen LogP contribution is -2.42. The van der Waals surface area contributed by atoms with Crippen molar-refractivity contribution in [2.24, 2.45) is 0 Å². The Morgan fingerprint density at radius 1 is 1.23 bits per heavy atom. The van der Waals surface area contributed by atoms with E-state index in [2.05, 4.69) is 15.4 Å². The van der Waals surface area contributed by atoms with Crippen LogP contribution in [0.4, 0.5) is 0 Å². The number of sulfonamides is 1. The summed E-state index contributed by atoms with van der Waals surface area (Å²) in [7, 11) is -2.01. The summed E-state index contributed by atoms with van der Waals surface area (Å²) < 4.78 is 27.9. The maximum Gasteiger partial charge on any atom is 0.251 e. The second-order valence-corrected chi connectivity index (χ2v) is 8.46. The van der Waals surface area contributed by atoms with Crippen LogP contribution in [-0.2, 0) is 14.8 Å². The van der Waals surface area contributed by atoms with E-state index in [0.29, 0.717) is 13.0 Å². The lowest BCUT2D eigenvalue weighted by atomic mass is 10.1. The molecule has 0 aromatic heterocycles. The molecule has 1 aromatic rings. The molecule has 1 atom stereocenters. The molecule has 2 fully saturated rings. The average molecular weight is 380 g/mol. The van der Waals surface area contributed by atoms with Gasteiger partial charge in [-0.15, -0.1) is 0 Å². The highest BCUT2D eigenvalue weighted by Gasteiger charge is 2.30. The molecule has 8 nitrogen and oxygen atoms in total. The second kappa shape index (κ2) is 7.73. The molecule has 2 heterocycles. The van der Waals surface area contributed by atoms with E-state index in [-0.39, 0.29) is 22.4 Å². The molecular formula is C17H24N4O4S. The average Bonchev–Trinajstić information content (AvgIpc) is 2.94. The third kappa shape index (κ3) is 4.22. The standard InChI is InChI=1S/C17H24N4O4S/c1-21-10-7-15(17(21)23)19-16(22)12-3-2-4-14(11-12)26(24,25)20-13-5-8-18-9-6-13/h2-4,11,13,15,18,20H,5-10H2,1H3,(H,19,22)/t15-/m1/s1. The molecule has 0 spiro atoms. The van der Waals surface area contributed by atoms with Crippen LogP contribution in [0.2, 0.25) is 0 Å². The van der Waals surface area contributed by atoms with Gasteiger partial charge in [0.25, 0.3) is 5.91 Å². The highest BCUT2D eigenvalue weighted by Crippen LogP contribution is 2.15. The second-order valence-electron chi connectivity index (χ2n) is 6.75. The van der Waals surface area contributed by atoms with E-state index >= 15 is 0 Å².